The SMILES string of the molecule is CC(NC(=O)CCN1CCN(c2ccccc2)CC1)c1nccs1. The second-order valence-corrected chi connectivity index (χ2v) is 7.00. The number of amides is 1. The van der Waals surface area contributed by atoms with Crippen molar-refractivity contribution in [1.82, 2.24) is 15.2 Å². The Bertz CT molecular complexity index is 624. The van der Waals surface area contributed by atoms with Crippen LogP contribution in [0.5, 0.6) is 0 Å². The van der Waals surface area contributed by atoms with E-state index in [2.05, 4.69) is 44.4 Å². The van der Waals surface area contributed by atoms with Gasteiger partial charge in [-0.1, -0.05) is 18.2 Å². The van der Waals surface area contributed by atoms with Crippen LogP contribution in [-0.4, -0.2) is 48.5 Å². The van der Waals surface area contributed by atoms with Gasteiger partial charge in [0.15, 0.2) is 0 Å². The van der Waals surface area contributed by atoms with E-state index in [1.807, 2.05) is 18.4 Å². The molecule has 0 bridgehead atoms. The van der Waals surface area contributed by atoms with E-state index in [4.69, 9.17) is 0 Å². The molecule has 1 unspecified atom stereocenters. The van der Waals surface area contributed by atoms with E-state index >= 15 is 0 Å². The Morgan fingerprint density at radius 3 is 2.67 bits per heavy atom. The lowest BCUT2D eigenvalue weighted by molar-refractivity contribution is -0.122. The Balaban J connectivity index is 1.38. The van der Waals surface area contributed by atoms with E-state index in [-0.39, 0.29) is 11.9 Å². The number of hydrogen-bond acceptors (Lipinski definition) is 5. The summed E-state index contributed by atoms with van der Waals surface area (Å²) in [5.41, 5.74) is 1.28. The van der Waals surface area contributed by atoms with Crippen LogP contribution in [0.15, 0.2) is 41.9 Å². The van der Waals surface area contributed by atoms with Gasteiger partial charge in [0.1, 0.15) is 5.01 Å². The Hall–Kier alpha value is -1.92. The minimum absolute atomic E-state index is 0.00701. The third-order valence-corrected chi connectivity index (χ3v) is 5.31. The summed E-state index contributed by atoms with van der Waals surface area (Å²) < 4.78 is 0. The maximum atomic E-state index is 12.1. The number of hydrogen-bond donors (Lipinski definition) is 1. The van der Waals surface area contributed by atoms with Gasteiger partial charge in [0.25, 0.3) is 0 Å². The van der Waals surface area contributed by atoms with Gasteiger partial charge in [-0.25, -0.2) is 4.98 Å². The Morgan fingerprint density at radius 1 is 1.25 bits per heavy atom. The number of aromatic nitrogens is 1. The molecule has 0 aliphatic carbocycles. The highest BCUT2D eigenvalue weighted by molar-refractivity contribution is 7.09. The lowest BCUT2D eigenvalue weighted by Crippen LogP contribution is -2.47. The third kappa shape index (κ3) is 4.55. The second kappa shape index (κ2) is 8.26. The molecule has 0 spiro atoms. The molecule has 1 aromatic heterocycles. The molecule has 1 N–H and O–H groups in total. The zero-order valence-electron chi connectivity index (χ0n) is 14.0. The van der Waals surface area contributed by atoms with Crippen molar-refractivity contribution in [2.75, 3.05) is 37.6 Å². The number of rotatable bonds is 6. The third-order valence-electron chi connectivity index (χ3n) is 4.35. The number of thiazole rings is 1. The minimum atomic E-state index is -0.00701. The number of carbonyl (C=O) groups excluding carboxylic acids is 1. The molecule has 6 heteroatoms. The molecule has 1 aromatic carbocycles. The Morgan fingerprint density at radius 2 is 2.00 bits per heavy atom. The van der Waals surface area contributed by atoms with Crippen molar-refractivity contribution in [3.8, 4) is 0 Å². The highest BCUT2D eigenvalue weighted by Crippen LogP contribution is 2.16. The lowest BCUT2D eigenvalue weighted by atomic mass is 10.2. The number of piperazine rings is 1. The van der Waals surface area contributed by atoms with E-state index < -0.39 is 0 Å². The molecule has 1 atom stereocenters. The summed E-state index contributed by atoms with van der Waals surface area (Å²) in [6.45, 7) is 6.84. The van der Waals surface area contributed by atoms with Crippen molar-refractivity contribution in [3.63, 3.8) is 0 Å². The highest BCUT2D eigenvalue weighted by atomic mass is 32.1. The molecule has 1 aliphatic heterocycles. The fourth-order valence-electron chi connectivity index (χ4n) is 2.95. The lowest BCUT2D eigenvalue weighted by Gasteiger charge is -2.36. The van der Waals surface area contributed by atoms with Gasteiger partial charge in [0, 0.05) is 56.4 Å². The predicted octanol–water partition coefficient (Wildman–Crippen LogP) is 2.53. The normalized spacial score (nSPS) is 16.8. The molecule has 1 amide bonds. The monoisotopic (exact) mass is 344 g/mol. The van der Waals surface area contributed by atoms with Gasteiger partial charge < -0.3 is 10.2 Å². The fraction of sp³-hybridized carbons (Fsp3) is 0.444. The summed E-state index contributed by atoms with van der Waals surface area (Å²) in [6, 6.07) is 10.5. The van der Waals surface area contributed by atoms with Gasteiger partial charge in [-0.2, -0.15) is 0 Å². The fourth-order valence-corrected chi connectivity index (χ4v) is 3.60. The Kier molecular flexibility index (Phi) is 5.82. The molecular formula is C18H24N4OS. The van der Waals surface area contributed by atoms with Gasteiger partial charge in [0.05, 0.1) is 6.04 Å². The average molecular weight is 344 g/mol. The summed E-state index contributed by atoms with van der Waals surface area (Å²) in [7, 11) is 0. The molecule has 1 fully saturated rings. The molecule has 3 rings (SSSR count). The van der Waals surface area contributed by atoms with Crippen molar-refractivity contribution in [2.45, 2.75) is 19.4 Å². The summed E-state index contributed by atoms with van der Waals surface area (Å²) >= 11 is 1.58. The molecule has 0 radical (unpaired) electrons. The first-order valence-electron chi connectivity index (χ1n) is 8.43. The van der Waals surface area contributed by atoms with E-state index in [1.54, 1.807) is 17.5 Å². The van der Waals surface area contributed by atoms with Gasteiger partial charge >= 0.3 is 0 Å². The highest BCUT2D eigenvalue weighted by Gasteiger charge is 2.18. The molecule has 5 nitrogen and oxygen atoms in total. The van der Waals surface area contributed by atoms with E-state index in [1.165, 1.54) is 5.69 Å². The van der Waals surface area contributed by atoms with Gasteiger partial charge in [0.2, 0.25) is 5.91 Å². The summed E-state index contributed by atoms with van der Waals surface area (Å²) in [6.07, 6.45) is 2.32. The predicted molar refractivity (Wildman–Crippen MR) is 98.4 cm³/mol. The van der Waals surface area contributed by atoms with Crippen LogP contribution in [0.1, 0.15) is 24.4 Å². The first-order valence-corrected chi connectivity index (χ1v) is 9.31. The van der Waals surface area contributed by atoms with Crippen LogP contribution in [0.25, 0.3) is 0 Å². The number of benzene rings is 1. The van der Waals surface area contributed by atoms with Crippen molar-refractivity contribution in [3.05, 3.63) is 46.9 Å². The van der Waals surface area contributed by atoms with Gasteiger partial charge in [-0.15, -0.1) is 11.3 Å². The number of anilines is 1. The summed E-state index contributed by atoms with van der Waals surface area (Å²) in [5.74, 6) is 0.100. The number of para-hydroxylation sites is 1. The molecule has 0 saturated carbocycles. The van der Waals surface area contributed by atoms with Crippen LogP contribution < -0.4 is 10.2 Å². The summed E-state index contributed by atoms with van der Waals surface area (Å²) in [5, 5.41) is 5.92. The smallest absolute Gasteiger partial charge is 0.221 e. The van der Waals surface area contributed by atoms with Crippen LogP contribution in [0, 0.1) is 0 Å². The van der Waals surface area contributed by atoms with Crippen LogP contribution in [0.2, 0.25) is 0 Å². The molecular weight excluding hydrogens is 320 g/mol. The number of carbonyl (C=O) groups is 1. The second-order valence-electron chi connectivity index (χ2n) is 6.07. The molecule has 24 heavy (non-hydrogen) atoms. The van der Waals surface area contributed by atoms with Gasteiger partial charge in [-0.3, -0.25) is 9.69 Å². The maximum Gasteiger partial charge on any atom is 0.221 e. The van der Waals surface area contributed by atoms with Crippen molar-refractivity contribution >= 4 is 22.9 Å². The number of nitrogens with one attached hydrogen (secondary N) is 1. The van der Waals surface area contributed by atoms with Crippen LogP contribution in [-0.2, 0) is 4.79 Å². The van der Waals surface area contributed by atoms with Crippen molar-refractivity contribution in [2.24, 2.45) is 0 Å². The van der Waals surface area contributed by atoms with Gasteiger partial charge in [-0.05, 0) is 19.1 Å². The quantitative estimate of drug-likeness (QED) is 0.875. The largest absolute Gasteiger partial charge is 0.369 e. The van der Waals surface area contributed by atoms with Crippen molar-refractivity contribution < 1.29 is 4.79 Å². The topological polar surface area (TPSA) is 48.5 Å². The molecule has 2 aromatic rings. The Labute approximate surface area is 147 Å². The van der Waals surface area contributed by atoms with Crippen molar-refractivity contribution in [1.29, 1.82) is 0 Å². The molecule has 2 heterocycles. The van der Waals surface area contributed by atoms with E-state index in [0.717, 1.165) is 37.7 Å². The van der Waals surface area contributed by atoms with Crippen LogP contribution in [0.3, 0.4) is 0 Å². The van der Waals surface area contributed by atoms with E-state index in [9.17, 15) is 4.79 Å². The average Bonchev–Trinajstić information content (AvgIpc) is 3.16. The maximum absolute atomic E-state index is 12.1. The minimum Gasteiger partial charge on any atom is -0.369 e. The molecule has 1 saturated heterocycles. The first kappa shape index (κ1) is 16.9. The standard InChI is InChI=1S/C18H24N4OS/c1-15(18-19-8-14-24-18)20-17(23)7-9-21-10-12-22(13-11-21)16-5-3-2-4-6-16/h2-6,8,14-15H,7,9-13H2,1H3,(H,20,23). The summed E-state index contributed by atoms with van der Waals surface area (Å²) in [4.78, 5) is 21.1. The molecule has 128 valence electrons. The number of nitrogens with zero attached hydrogens (tertiary/aromatic N) is 3. The first-order chi connectivity index (χ1) is 11.7. The zero-order chi connectivity index (χ0) is 16.8. The van der Waals surface area contributed by atoms with E-state index in [0.29, 0.717) is 6.42 Å². The van der Waals surface area contributed by atoms with Crippen LogP contribution in [0.4, 0.5) is 5.69 Å². The van der Waals surface area contributed by atoms with Crippen LogP contribution >= 0.6 is 11.3 Å². The molecule has 1 aliphatic rings. The zero-order valence-corrected chi connectivity index (χ0v) is 14.8.